The van der Waals surface area contributed by atoms with Gasteiger partial charge in [-0.05, 0) is 5.56 Å². The molecule has 5 heteroatoms. The van der Waals surface area contributed by atoms with Crippen LogP contribution in [0.2, 0.25) is 0 Å². The number of amides is 1. The number of hydrogen-bond acceptors (Lipinski definition) is 3. The zero-order valence-electron chi connectivity index (χ0n) is 10.2. The summed E-state index contributed by atoms with van der Waals surface area (Å²) in [6.07, 6.45) is 0.190. The SMILES string of the molecule is NCCC(=O)N(CCC(=O)O)Cc1ccccc1. The highest BCUT2D eigenvalue weighted by molar-refractivity contribution is 5.77. The van der Waals surface area contributed by atoms with Crippen LogP contribution >= 0.6 is 0 Å². The Morgan fingerprint density at radius 3 is 2.39 bits per heavy atom. The zero-order valence-corrected chi connectivity index (χ0v) is 10.2. The first-order chi connectivity index (χ1) is 8.63. The Labute approximate surface area is 106 Å². The van der Waals surface area contributed by atoms with E-state index in [1.165, 1.54) is 4.90 Å². The van der Waals surface area contributed by atoms with Crippen molar-refractivity contribution < 1.29 is 14.7 Å². The normalized spacial score (nSPS) is 10.1. The minimum atomic E-state index is -0.909. The van der Waals surface area contributed by atoms with Gasteiger partial charge in [0.2, 0.25) is 5.91 Å². The molecule has 1 rings (SSSR count). The lowest BCUT2D eigenvalue weighted by Gasteiger charge is -2.22. The first-order valence-electron chi connectivity index (χ1n) is 5.87. The maximum Gasteiger partial charge on any atom is 0.305 e. The molecule has 18 heavy (non-hydrogen) atoms. The van der Waals surface area contributed by atoms with Crippen molar-refractivity contribution in [3.05, 3.63) is 35.9 Å². The van der Waals surface area contributed by atoms with Gasteiger partial charge in [-0.3, -0.25) is 9.59 Å². The summed E-state index contributed by atoms with van der Waals surface area (Å²) >= 11 is 0. The molecule has 0 spiro atoms. The van der Waals surface area contributed by atoms with Gasteiger partial charge in [0.15, 0.2) is 0 Å². The van der Waals surface area contributed by atoms with Crippen LogP contribution in [0.25, 0.3) is 0 Å². The lowest BCUT2D eigenvalue weighted by molar-refractivity contribution is -0.138. The van der Waals surface area contributed by atoms with E-state index in [9.17, 15) is 9.59 Å². The molecular formula is C13H18N2O3. The minimum absolute atomic E-state index is 0.0524. The van der Waals surface area contributed by atoms with Gasteiger partial charge in [-0.15, -0.1) is 0 Å². The van der Waals surface area contributed by atoms with E-state index in [2.05, 4.69) is 0 Å². The molecule has 0 aliphatic carbocycles. The van der Waals surface area contributed by atoms with E-state index in [0.717, 1.165) is 5.56 Å². The molecule has 0 aromatic heterocycles. The van der Waals surface area contributed by atoms with Crippen LogP contribution in [-0.2, 0) is 16.1 Å². The number of carboxylic acid groups (broad SMARTS) is 1. The summed E-state index contributed by atoms with van der Waals surface area (Å²) in [5.41, 5.74) is 6.33. The fraction of sp³-hybridized carbons (Fsp3) is 0.385. The average Bonchev–Trinajstić information content (AvgIpc) is 2.35. The molecule has 0 fully saturated rings. The highest BCUT2D eigenvalue weighted by Crippen LogP contribution is 2.06. The van der Waals surface area contributed by atoms with Gasteiger partial charge >= 0.3 is 5.97 Å². The number of nitrogens with two attached hydrogens (primary N) is 1. The van der Waals surface area contributed by atoms with Crippen LogP contribution < -0.4 is 5.73 Å². The summed E-state index contributed by atoms with van der Waals surface area (Å²) in [6, 6.07) is 9.48. The highest BCUT2D eigenvalue weighted by Gasteiger charge is 2.14. The topological polar surface area (TPSA) is 83.6 Å². The second-order valence-electron chi connectivity index (χ2n) is 3.98. The van der Waals surface area contributed by atoms with Crippen LogP contribution in [0.5, 0.6) is 0 Å². The van der Waals surface area contributed by atoms with Gasteiger partial charge in [0, 0.05) is 26.1 Å². The Morgan fingerprint density at radius 1 is 1.17 bits per heavy atom. The van der Waals surface area contributed by atoms with E-state index >= 15 is 0 Å². The van der Waals surface area contributed by atoms with Crippen LogP contribution in [-0.4, -0.2) is 35.0 Å². The number of carbonyl (C=O) groups is 2. The second kappa shape index (κ2) is 7.45. The maximum atomic E-state index is 11.8. The molecule has 3 N–H and O–H groups in total. The van der Waals surface area contributed by atoms with Crippen molar-refractivity contribution in [3.63, 3.8) is 0 Å². The van der Waals surface area contributed by atoms with Crippen molar-refractivity contribution in [2.75, 3.05) is 13.1 Å². The second-order valence-corrected chi connectivity index (χ2v) is 3.98. The standard InChI is InChI=1S/C13H18N2O3/c14-8-6-12(16)15(9-7-13(17)18)10-11-4-2-1-3-5-11/h1-5H,6-10,14H2,(H,17,18). The summed E-state index contributed by atoms with van der Waals surface area (Å²) in [6.45, 7) is 0.910. The predicted molar refractivity (Wildman–Crippen MR) is 67.8 cm³/mol. The maximum absolute atomic E-state index is 11.8. The number of carbonyl (C=O) groups excluding carboxylic acids is 1. The van der Waals surface area contributed by atoms with Crippen molar-refractivity contribution in [2.24, 2.45) is 5.73 Å². The zero-order chi connectivity index (χ0) is 13.4. The molecule has 1 aromatic carbocycles. The van der Waals surface area contributed by atoms with E-state index in [0.29, 0.717) is 6.54 Å². The largest absolute Gasteiger partial charge is 0.481 e. The smallest absolute Gasteiger partial charge is 0.305 e. The molecule has 0 unspecified atom stereocenters. The first kappa shape index (κ1) is 14.2. The Kier molecular flexibility index (Phi) is 5.87. The van der Waals surface area contributed by atoms with Crippen molar-refractivity contribution in [1.29, 1.82) is 0 Å². The van der Waals surface area contributed by atoms with Crippen molar-refractivity contribution >= 4 is 11.9 Å². The number of hydrogen-bond donors (Lipinski definition) is 2. The fourth-order valence-electron chi connectivity index (χ4n) is 1.61. The average molecular weight is 250 g/mol. The summed E-state index contributed by atoms with van der Waals surface area (Å²) in [7, 11) is 0. The summed E-state index contributed by atoms with van der Waals surface area (Å²) in [5, 5.41) is 8.68. The Balaban J connectivity index is 2.64. The molecule has 98 valence electrons. The molecule has 0 aliphatic heterocycles. The minimum Gasteiger partial charge on any atom is -0.481 e. The predicted octanol–water partition coefficient (Wildman–Crippen LogP) is 0.839. The van der Waals surface area contributed by atoms with Gasteiger partial charge < -0.3 is 15.7 Å². The molecule has 0 atom stereocenters. The quantitative estimate of drug-likeness (QED) is 0.751. The molecular weight excluding hydrogens is 232 g/mol. The Bertz CT molecular complexity index is 392. The van der Waals surface area contributed by atoms with E-state index in [1.807, 2.05) is 30.3 Å². The van der Waals surface area contributed by atoms with Gasteiger partial charge in [0.1, 0.15) is 0 Å². The molecule has 0 heterocycles. The molecule has 1 amide bonds. The summed E-state index contributed by atoms with van der Waals surface area (Å²) < 4.78 is 0. The van der Waals surface area contributed by atoms with Gasteiger partial charge in [-0.2, -0.15) is 0 Å². The third-order valence-corrected chi connectivity index (χ3v) is 2.52. The number of rotatable bonds is 7. The number of carboxylic acids is 1. The van der Waals surface area contributed by atoms with Crippen LogP contribution in [0.4, 0.5) is 0 Å². The third kappa shape index (κ3) is 4.97. The first-order valence-corrected chi connectivity index (χ1v) is 5.87. The molecule has 5 nitrogen and oxygen atoms in total. The molecule has 0 radical (unpaired) electrons. The van der Waals surface area contributed by atoms with Crippen molar-refractivity contribution in [3.8, 4) is 0 Å². The number of benzene rings is 1. The highest BCUT2D eigenvalue weighted by atomic mass is 16.4. The van der Waals surface area contributed by atoms with Crippen molar-refractivity contribution in [1.82, 2.24) is 4.90 Å². The van der Waals surface area contributed by atoms with E-state index < -0.39 is 5.97 Å². The van der Waals surface area contributed by atoms with E-state index in [4.69, 9.17) is 10.8 Å². The molecule has 0 aliphatic rings. The Morgan fingerprint density at radius 2 is 1.83 bits per heavy atom. The van der Waals surface area contributed by atoms with Gasteiger partial charge in [0.05, 0.1) is 6.42 Å². The van der Waals surface area contributed by atoms with E-state index in [1.54, 1.807) is 0 Å². The molecule has 1 aromatic rings. The van der Waals surface area contributed by atoms with Gasteiger partial charge in [0.25, 0.3) is 0 Å². The lowest BCUT2D eigenvalue weighted by atomic mass is 10.2. The molecule has 0 bridgehead atoms. The van der Waals surface area contributed by atoms with Gasteiger partial charge in [-0.25, -0.2) is 0 Å². The van der Waals surface area contributed by atoms with Crippen LogP contribution in [0.1, 0.15) is 18.4 Å². The van der Waals surface area contributed by atoms with Crippen molar-refractivity contribution in [2.45, 2.75) is 19.4 Å². The number of aliphatic carboxylic acids is 1. The summed E-state index contributed by atoms with van der Waals surface area (Å²) in [5.74, 6) is -1.02. The van der Waals surface area contributed by atoms with Crippen LogP contribution in [0, 0.1) is 0 Å². The van der Waals surface area contributed by atoms with Crippen LogP contribution in [0.3, 0.4) is 0 Å². The molecule has 0 saturated carbocycles. The lowest BCUT2D eigenvalue weighted by Crippen LogP contribution is -2.33. The number of nitrogens with zero attached hydrogens (tertiary/aromatic N) is 1. The van der Waals surface area contributed by atoms with Gasteiger partial charge in [-0.1, -0.05) is 30.3 Å². The molecule has 0 saturated heterocycles. The fourth-order valence-corrected chi connectivity index (χ4v) is 1.61. The van der Waals surface area contributed by atoms with Crippen LogP contribution in [0.15, 0.2) is 30.3 Å². The van der Waals surface area contributed by atoms with E-state index in [-0.39, 0.29) is 31.8 Å². The monoisotopic (exact) mass is 250 g/mol. The Hall–Kier alpha value is -1.88. The summed E-state index contributed by atoms with van der Waals surface area (Å²) in [4.78, 5) is 23.9. The third-order valence-electron chi connectivity index (χ3n) is 2.52.